The third-order valence-corrected chi connectivity index (χ3v) is 4.28. The summed E-state index contributed by atoms with van der Waals surface area (Å²) in [4.78, 5) is 0. The van der Waals surface area contributed by atoms with Gasteiger partial charge in [-0.15, -0.1) is 0 Å². The van der Waals surface area contributed by atoms with E-state index in [-0.39, 0.29) is 30.3 Å². The first-order valence-electron chi connectivity index (χ1n) is 7.29. The van der Waals surface area contributed by atoms with Crippen molar-refractivity contribution in [1.82, 2.24) is 0 Å². The molecule has 5 heteroatoms. The molecule has 0 saturated heterocycles. The van der Waals surface area contributed by atoms with Crippen molar-refractivity contribution in [2.24, 2.45) is 0 Å². The van der Waals surface area contributed by atoms with Crippen LogP contribution in [0.1, 0.15) is 35.3 Å². The third kappa shape index (κ3) is 1.89. The van der Waals surface area contributed by atoms with Crippen LogP contribution in [0.15, 0.2) is 30.3 Å². The Morgan fingerprint density at radius 1 is 1.00 bits per heavy atom. The molecule has 0 radical (unpaired) electrons. The summed E-state index contributed by atoms with van der Waals surface area (Å²) in [6.07, 6.45) is 0.660. The van der Waals surface area contributed by atoms with Gasteiger partial charge in [-0.2, -0.15) is 0 Å². The van der Waals surface area contributed by atoms with Crippen molar-refractivity contribution in [3.05, 3.63) is 47.0 Å². The summed E-state index contributed by atoms with van der Waals surface area (Å²) >= 11 is 0. The fraction of sp³-hybridized carbons (Fsp3) is 0.294. The minimum atomic E-state index is -0.180. The zero-order chi connectivity index (χ0) is 15.3. The summed E-state index contributed by atoms with van der Waals surface area (Å²) < 4.78 is 12.1. The first-order valence-corrected chi connectivity index (χ1v) is 7.29. The van der Waals surface area contributed by atoms with Gasteiger partial charge in [0.25, 0.3) is 0 Å². The number of aromatic hydroxyl groups is 2. The second kappa shape index (κ2) is 4.81. The molecule has 2 aromatic carbocycles. The summed E-state index contributed by atoms with van der Waals surface area (Å²) in [6, 6.07) is 8.40. The molecular formula is C17H16O5. The molecule has 0 spiro atoms. The topological polar surface area (TPSA) is 79.2 Å². The van der Waals surface area contributed by atoms with E-state index in [2.05, 4.69) is 0 Å². The van der Waals surface area contributed by atoms with E-state index >= 15 is 0 Å². The van der Waals surface area contributed by atoms with Crippen molar-refractivity contribution >= 4 is 0 Å². The van der Waals surface area contributed by atoms with Crippen molar-refractivity contribution < 1.29 is 24.8 Å². The van der Waals surface area contributed by atoms with E-state index in [1.807, 2.05) is 0 Å². The highest BCUT2D eigenvalue weighted by atomic mass is 16.5. The van der Waals surface area contributed by atoms with Crippen molar-refractivity contribution in [1.29, 1.82) is 0 Å². The Bertz CT molecular complexity index is 740. The zero-order valence-corrected chi connectivity index (χ0v) is 11.8. The van der Waals surface area contributed by atoms with Crippen molar-refractivity contribution in [2.75, 3.05) is 6.61 Å². The monoisotopic (exact) mass is 300 g/mol. The van der Waals surface area contributed by atoms with Crippen LogP contribution in [-0.2, 0) is 6.42 Å². The molecular weight excluding hydrogens is 284 g/mol. The molecule has 3 N–H and O–H groups in total. The van der Waals surface area contributed by atoms with Crippen LogP contribution in [-0.4, -0.2) is 21.9 Å². The minimum absolute atomic E-state index is 0.0615. The number of hydrogen-bond donors (Lipinski definition) is 3. The highest BCUT2D eigenvalue weighted by Crippen LogP contribution is 2.52. The lowest BCUT2D eigenvalue weighted by Gasteiger charge is -2.39. The van der Waals surface area contributed by atoms with E-state index in [4.69, 9.17) is 9.47 Å². The summed E-state index contributed by atoms with van der Waals surface area (Å²) in [5.41, 5.74) is 2.37. The van der Waals surface area contributed by atoms with Gasteiger partial charge in [0.1, 0.15) is 35.2 Å². The number of hydrogen-bond acceptors (Lipinski definition) is 5. The van der Waals surface area contributed by atoms with Crippen LogP contribution in [0, 0.1) is 0 Å². The number of fused-ring (bicyclic) bond motifs is 6. The number of aliphatic hydroxyl groups excluding tert-OH is 1. The second-order valence-corrected chi connectivity index (χ2v) is 5.63. The van der Waals surface area contributed by atoms with E-state index in [1.165, 1.54) is 0 Å². The molecule has 4 rings (SSSR count). The van der Waals surface area contributed by atoms with Gasteiger partial charge in [0.05, 0.1) is 0 Å². The van der Waals surface area contributed by atoms with Crippen molar-refractivity contribution in [3.8, 4) is 23.0 Å². The third-order valence-electron chi connectivity index (χ3n) is 4.28. The maximum atomic E-state index is 10.0. The summed E-state index contributed by atoms with van der Waals surface area (Å²) in [6.45, 7) is -0.0615. The standard InChI is InChI=1S/C17H16O5/c18-6-5-10-13(20)4-3-12-16-8-15(22-17(10)12)11-2-1-9(19)7-14(11)21-16/h1-4,7,15-16,18-20H,5-6,8H2/t15-,16-/m1/s1. The average Bonchev–Trinajstić information content (AvgIpc) is 2.50. The van der Waals surface area contributed by atoms with E-state index in [0.29, 0.717) is 29.9 Å². The number of phenols is 2. The molecule has 2 bridgehead atoms. The van der Waals surface area contributed by atoms with Crippen LogP contribution >= 0.6 is 0 Å². The van der Waals surface area contributed by atoms with Gasteiger partial charge >= 0.3 is 0 Å². The van der Waals surface area contributed by atoms with Gasteiger partial charge in [0.15, 0.2) is 0 Å². The Morgan fingerprint density at radius 2 is 1.77 bits per heavy atom. The molecule has 22 heavy (non-hydrogen) atoms. The SMILES string of the molecule is OCCc1c(O)ccc2c1O[C@@H]1C[C@H]2Oc2cc(O)ccc21. The maximum Gasteiger partial charge on any atom is 0.134 e. The lowest BCUT2D eigenvalue weighted by molar-refractivity contribution is 0.0518. The molecule has 2 aliphatic rings. The second-order valence-electron chi connectivity index (χ2n) is 5.63. The fourth-order valence-electron chi connectivity index (χ4n) is 3.24. The van der Waals surface area contributed by atoms with E-state index < -0.39 is 0 Å². The summed E-state index contributed by atoms with van der Waals surface area (Å²) in [5, 5.41) is 28.9. The Kier molecular flexibility index (Phi) is 2.90. The largest absolute Gasteiger partial charge is 0.508 e. The van der Waals surface area contributed by atoms with Crippen molar-refractivity contribution in [3.63, 3.8) is 0 Å². The Hall–Kier alpha value is -2.40. The van der Waals surface area contributed by atoms with Crippen LogP contribution < -0.4 is 9.47 Å². The minimum Gasteiger partial charge on any atom is -0.508 e. The smallest absolute Gasteiger partial charge is 0.134 e. The van der Waals surface area contributed by atoms with Gasteiger partial charge in [-0.05, 0) is 24.3 Å². The molecule has 0 aromatic heterocycles. The molecule has 0 fully saturated rings. The van der Waals surface area contributed by atoms with Crippen LogP contribution in [0.3, 0.4) is 0 Å². The first kappa shape index (κ1) is 13.3. The molecule has 2 aliphatic heterocycles. The number of ether oxygens (including phenoxy) is 2. The average molecular weight is 300 g/mol. The highest BCUT2D eigenvalue weighted by Gasteiger charge is 2.38. The molecule has 5 nitrogen and oxygen atoms in total. The predicted molar refractivity (Wildman–Crippen MR) is 78.4 cm³/mol. The lowest BCUT2D eigenvalue weighted by Crippen LogP contribution is -2.28. The normalized spacial score (nSPS) is 21.3. The van der Waals surface area contributed by atoms with E-state index in [1.54, 1.807) is 30.3 Å². The molecule has 0 amide bonds. The summed E-state index contributed by atoms with van der Waals surface area (Å²) in [5.74, 6) is 1.52. The Morgan fingerprint density at radius 3 is 2.59 bits per heavy atom. The van der Waals surface area contributed by atoms with Gasteiger partial charge in [0, 0.05) is 42.2 Å². The molecule has 114 valence electrons. The number of benzene rings is 2. The zero-order valence-electron chi connectivity index (χ0n) is 11.8. The van der Waals surface area contributed by atoms with Crippen LogP contribution in [0.5, 0.6) is 23.0 Å². The quantitative estimate of drug-likeness (QED) is 0.794. The van der Waals surface area contributed by atoms with Crippen LogP contribution in [0.4, 0.5) is 0 Å². The van der Waals surface area contributed by atoms with Gasteiger partial charge < -0.3 is 24.8 Å². The molecule has 0 aliphatic carbocycles. The number of phenolic OH excluding ortho intramolecular Hbond substituents is 2. The maximum absolute atomic E-state index is 10.0. The Balaban J connectivity index is 1.82. The van der Waals surface area contributed by atoms with Gasteiger partial charge in [-0.25, -0.2) is 0 Å². The van der Waals surface area contributed by atoms with E-state index in [0.717, 1.165) is 11.1 Å². The van der Waals surface area contributed by atoms with Crippen molar-refractivity contribution in [2.45, 2.75) is 25.0 Å². The lowest BCUT2D eigenvalue weighted by atomic mass is 9.89. The number of rotatable bonds is 2. The highest BCUT2D eigenvalue weighted by molar-refractivity contribution is 5.54. The van der Waals surface area contributed by atoms with Gasteiger partial charge in [-0.3, -0.25) is 0 Å². The predicted octanol–water partition coefficient (Wildman–Crippen LogP) is 2.59. The van der Waals surface area contributed by atoms with Gasteiger partial charge in [0.2, 0.25) is 0 Å². The Labute approximate surface area is 127 Å². The molecule has 2 aromatic rings. The molecule has 2 heterocycles. The van der Waals surface area contributed by atoms with Crippen LogP contribution in [0.25, 0.3) is 0 Å². The summed E-state index contributed by atoms with van der Waals surface area (Å²) in [7, 11) is 0. The fourth-order valence-corrected chi connectivity index (χ4v) is 3.24. The number of aliphatic hydroxyl groups is 1. The molecule has 0 unspecified atom stereocenters. The molecule has 2 atom stereocenters. The van der Waals surface area contributed by atoms with E-state index in [9.17, 15) is 15.3 Å². The van der Waals surface area contributed by atoms with Gasteiger partial charge in [-0.1, -0.05) is 0 Å². The molecule has 0 saturated carbocycles. The van der Waals surface area contributed by atoms with Crippen LogP contribution in [0.2, 0.25) is 0 Å². The first-order chi connectivity index (χ1) is 10.7.